The van der Waals surface area contributed by atoms with E-state index in [1.54, 1.807) is 30.7 Å². The molecule has 2 heterocycles. The maximum absolute atomic E-state index is 13.3. The summed E-state index contributed by atoms with van der Waals surface area (Å²) >= 11 is 1.39. The van der Waals surface area contributed by atoms with Crippen LogP contribution in [-0.2, 0) is 15.6 Å². The van der Waals surface area contributed by atoms with Crippen molar-refractivity contribution in [2.75, 3.05) is 5.32 Å². The van der Waals surface area contributed by atoms with E-state index in [0.29, 0.717) is 23.3 Å². The Labute approximate surface area is 176 Å². The lowest BCUT2D eigenvalue weighted by atomic mass is 10.2. The van der Waals surface area contributed by atoms with Gasteiger partial charge in [-0.05, 0) is 54.1 Å². The number of amides is 1. The Kier molecular flexibility index (Phi) is 6.47. The number of benzene rings is 1. The number of alkyl halides is 2. The highest BCUT2D eigenvalue weighted by Gasteiger charge is 2.40. The predicted molar refractivity (Wildman–Crippen MR) is 110 cm³/mol. The van der Waals surface area contributed by atoms with Gasteiger partial charge in [0, 0.05) is 37.0 Å². The van der Waals surface area contributed by atoms with Crippen molar-refractivity contribution in [2.45, 2.75) is 27.9 Å². The summed E-state index contributed by atoms with van der Waals surface area (Å²) < 4.78 is 50.2. The molecule has 3 aromatic rings. The first-order valence-corrected chi connectivity index (χ1v) is 11.2. The normalized spacial score (nSPS) is 11.8. The third kappa shape index (κ3) is 5.00. The number of sulfone groups is 1. The third-order valence-electron chi connectivity index (χ3n) is 4.04. The molecule has 0 aliphatic rings. The van der Waals surface area contributed by atoms with Crippen molar-refractivity contribution in [3.8, 4) is 0 Å². The van der Waals surface area contributed by atoms with Gasteiger partial charge in [-0.2, -0.15) is 8.78 Å². The first-order valence-electron chi connectivity index (χ1n) is 8.69. The van der Waals surface area contributed by atoms with Gasteiger partial charge in [0.05, 0.1) is 10.5 Å². The number of nitrogens with zero attached hydrogens (tertiary/aromatic N) is 2. The van der Waals surface area contributed by atoms with Crippen LogP contribution in [-0.4, -0.2) is 29.5 Å². The van der Waals surface area contributed by atoms with E-state index in [4.69, 9.17) is 0 Å². The van der Waals surface area contributed by atoms with Crippen LogP contribution in [0.1, 0.15) is 22.8 Å². The van der Waals surface area contributed by atoms with E-state index in [9.17, 15) is 22.0 Å². The average molecular weight is 450 g/mol. The van der Waals surface area contributed by atoms with Crippen LogP contribution >= 0.6 is 11.8 Å². The molecule has 6 nitrogen and oxygen atoms in total. The van der Waals surface area contributed by atoms with E-state index in [-0.39, 0.29) is 5.69 Å². The summed E-state index contributed by atoms with van der Waals surface area (Å²) in [5.41, 5.74) is 1.64. The maximum Gasteiger partial charge on any atom is 0.347 e. The second-order valence-electron chi connectivity index (χ2n) is 6.29. The number of nitrogens with one attached hydrogen (secondary N) is 1. The van der Waals surface area contributed by atoms with Crippen molar-refractivity contribution < 1.29 is 22.0 Å². The summed E-state index contributed by atoms with van der Waals surface area (Å²) in [4.78, 5) is 20.4. The minimum absolute atomic E-state index is 0.271. The van der Waals surface area contributed by atoms with Crippen molar-refractivity contribution in [1.82, 2.24) is 9.97 Å². The lowest BCUT2D eigenvalue weighted by Crippen LogP contribution is -2.24. The summed E-state index contributed by atoms with van der Waals surface area (Å²) in [5.74, 6) is 0.147. The molecule has 0 fully saturated rings. The molecule has 10 heteroatoms. The average Bonchev–Trinajstić information content (AvgIpc) is 2.73. The summed E-state index contributed by atoms with van der Waals surface area (Å²) in [6.45, 7) is 0.325. The van der Waals surface area contributed by atoms with Gasteiger partial charge in [0.25, 0.3) is 5.91 Å². The van der Waals surface area contributed by atoms with Crippen LogP contribution in [0.2, 0.25) is 0 Å². The number of rotatable bonds is 7. The SMILES string of the molecule is CC(F)(F)S(=O)(=O)c1ccc(NC(=O)c2cccnc2SCc2ccncc2)cc1. The van der Waals surface area contributed by atoms with Gasteiger partial charge >= 0.3 is 5.25 Å². The number of halogens is 2. The van der Waals surface area contributed by atoms with Crippen LogP contribution in [0.5, 0.6) is 0 Å². The summed E-state index contributed by atoms with van der Waals surface area (Å²) in [5, 5.41) is -0.740. The molecule has 0 aliphatic heterocycles. The summed E-state index contributed by atoms with van der Waals surface area (Å²) in [6, 6.07) is 11.6. The number of pyridine rings is 2. The van der Waals surface area contributed by atoms with Gasteiger partial charge in [0.1, 0.15) is 5.03 Å². The number of hydrogen-bond acceptors (Lipinski definition) is 6. The Hall–Kier alpha value is -2.85. The molecular formula is C20H17F2N3O3S2. The fraction of sp³-hybridized carbons (Fsp3) is 0.150. The molecule has 0 radical (unpaired) electrons. The molecule has 1 amide bonds. The highest BCUT2D eigenvalue weighted by atomic mass is 32.2. The molecule has 0 atom stereocenters. The molecule has 0 aliphatic carbocycles. The molecule has 30 heavy (non-hydrogen) atoms. The molecule has 0 bridgehead atoms. The van der Waals surface area contributed by atoms with Crippen LogP contribution in [0.15, 0.2) is 77.0 Å². The van der Waals surface area contributed by atoms with E-state index in [0.717, 1.165) is 17.7 Å². The van der Waals surface area contributed by atoms with Crippen molar-refractivity contribution >= 4 is 33.2 Å². The Morgan fingerprint density at radius 3 is 2.37 bits per heavy atom. The number of carbonyl (C=O) groups excluding carboxylic acids is 1. The molecular weight excluding hydrogens is 432 g/mol. The first kappa shape index (κ1) is 21.8. The molecule has 0 saturated heterocycles. The number of hydrogen-bond donors (Lipinski definition) is 1. The Balaban J connectivity index is 1.74. The van der Waals surface area contributed by atoms with Crippen molar-refractivity contribution in [3.05, 3.63) is 78.2 Å². The van der Waals surface area contributed by atoms with E-state index in [1.165, 1.54) is 23.9 Å². The second kappa shape index (κ2) is 8.88. The molecule has 1 N–H and O–H groups in total. The van der Waals surface area contributed by atoms with Crippen molar-refractivity contribution in [2.24, 2.45) is 0 Å². The van der Waals surface area contributed by atoms with Crippen molar-refractivity contribution in [1.29, 1.82) is 0 Å². The number of aromatic nitrogens is 2. The van der Waals surface area contributed by atoms with Crippen LogP contribution in [0.4, 0.5) is 14.5 Å². The highest BCUT2D eigenvalue weighted by molar-refractivity contribution is 7.98. The lowest BCUT2D eigenvalue weighted by molar-refractivity contribution is 0.102. The smallest absolute Gasteiger partial charge is 0.322 e. The van der Waals surface area contributed by atoms with Gasteiger partial charge in [-0.15, -0.1) is 11.8 Å². The zero-order valence-electron chi connectivity index (χ0n) is 15.7. The predicted octanol–water partition coefficient (Wildman–Crippen LogP) is 4.41. The van der Waals surface area contributed by atoms with Crippen LogP contribution < -0.4 is 5.32 Å². The molecule has 0 spiro atoms. The van der Waals surface area contributed by atoms with Crippen LogP contribution in [0, 0.1) is 0 Å². The first-order chi connectivity index (χ1) is 14.2. The van der Waals surface area contributed by atoms with E-state index in [1.807, 2.05) is 12.1 Å². The van der Waals surface area contributed by atoms with E-state index in [2.05, 4.69) is 15.3 Å². The standard InChI is InChI=1S/C20H17F2N3O3S2/c1-20(21,22)30(27,28)16-6-4-15(5-7-16)25-18(26)17-3-2-10-24-19(17)29-13-14-8-11-23-12-9-14/h2-12H,13H2,1H3,(H,25,26). The zero-order valence-corrected chi connectivity index (χ0v) is 17.4. The van der Waals surface area contributed by atoms with Crippen LogP contribution in [0.25, 0.3) is 0 Å². The van der Waals surface area contributed by atoms with Crippen LogP contribution in [0.3, 0.4) is 0 Å². The van der Waals surface area contributed by atoms with Gasteiger partial charge in [-0.3, -0.25) is 9.78 Å². The second-order valence-corrected chi connectivity index (χ2v) is 9.45. The Bertz CT molecular complexity index is 1130. The maximum atomic E-state index is 13.3. The monoisotopic (exact) mass is 449 g/mol. The fourth-order valence-corrected chi connectivity index (χ4v) is 4.29. The Morgan fingerprint density at radius 1 is 1.07 bits per heavy atom. The minimum Gasteiger partial charge on any atom is -0.322 e. The lowest BCUT2D eigenvalue weighted by Gasteiger charge is -2.13. The zero-order chi connectivity index (χ0) is 21.8. The third-order valence-corrected chi connectivity index (χ3v) is 6.95. The highest BCUT2D eigenvalue weighted by Crippen LogP contribution is 2.29. The summed E-state index contributed by atoms with van der Waals surface area (Å²) in [6.07, 6.45) is 4.94. The molecule has 1 aromatic carbocycles. The summed E-state index contributed by atoms with van der Waals surface area (Å²) in [7, 11) is -4.78. The minimum atomic E-state index is -4.78. The van der Waals surface area contributed by atoms with Crippen molar-refractivity contribution in [3.63, 3.8) is 0 Å². The van der Waals surface area contributed by atoms with Gasteiger partial charge < -0.3 is 5.32 Å². The van der Waals surface area contributed by atoms with Gasteiger partial charge in [-0.25, -0.2) is 13.4 Å². The Morgan fingerprint density at radius 2 is 1.73 bits per heavy atom. The number of thioether (sulfide) groups is 1. The van der Waals surface area contributed by atoms with Gasteiger partial charge in [0.2, 0.25) is 9.84 Å². The molecule has 3 rings (SSSR count). The largest absolute Gasteiger partial charge is 0.347 e. The van der Waals surface area contributed by atoms with E-state index >= 15 is 0 Å². The van der Waals surface area contributed by atoms with E-state index < -0.39 is 25.9 Å². The van der Waals surface area contributed by atoms with Gasteiger partial charge in [0.15, 0.2) is 0 Å². The molecule has 2 aromatic heterocycles. The topological polar surface area (TPSA) is 89.0 Å². The fourth-order valence-electron chi connectivity index (χ4n) is 2.43. The van der Waals surface area contributed by atoms with Gasteiger partial charge in [-0.1, -0.05) is 0 Å². The molecule has 0 unspecified atom stereocenters. The molecule has 156 valence electrons. The molecule has 0 saturated carbocycles. The quantitative estimate of drug-likeness (QED) is 0.538. The number of anilines is 1. The number of carbonyl (C=O) groups is 1.